The molecule has 0 aromatic rings. The molecular weight excluding hydrogens is 226 g/mol. The van der Waals surface area contributed by atoms with Gasteiger partial charge in [0.25, 0.3) is 0 Å². The second kappa shape index (κ2) is 4.74. The van der Waals surface area contributed by atoms with E-state index in [4.69, 9.17) is 10.5 Å². The first kappa shape index (κ1) is 12.5. The number of morpholine rings is 1. The van der Waals surface area contributed by atoms with Crippen LogP contribution in [0.3, 0.4) is 0 Å². The molecule has 0 bridgehead atoms. The lowest BCUT2D eigenvalue weighted by Crippen LogP contribution is -2.45. The Morgan fingerprint density at radius 1 is 1.29 bits per heavy atom. The smallest absolute Gasteiger partial charge is 0.179 e. The lowest BCUT2D eigenvalue weighted by atomic mass is 10.0. The molecule has 96 valence electrons. The molecule has 0 aromatic heterocycles. The summed E-state index contributed by atoms with van der Waals surface area (Å²) in [6, 6.07) is -0.838. The normalized spacial score (nSPS) is 35.0. The van der Waals surface area contributed by atoms with Crippen LogP contribution < -0.4 is 5.73 Å². The first-order valence-corrected chi connectivity index (χ1v) is 5.90. The van der Waals surface area contributed by atoms with E-state index in [1.807, 2.05) is 18.7 Å². The molecule has 1 saturated heterocycles. The second-order valence-electron chi connectivity index (χ2n) is 4.76. The van der Waals surface area contributed by atoms with E-state index in [0.29, 0.717) is 25.2 Å². The van der Waals surface area contributed by atoms with Crippen LogP contribution in [-0.4, -0.2) is 36.2 Å². The zero-order chi connectivity index (χ0) is 12.6. The predicted molar refractivity (Wildman–Crippen MR) is 61.5 cm³/mol. The third-order valence-corrected chi connectivity index (χ3v) is 3.09. The molecule has 1 aliphatic carbocycles. The molecule has 0 aromatic carbocycles. The molecule has 3 atom stereocenters. The molecule has 1 aliphatic heterocycles. The van der Waals surface area contributed by atoms with E-state index < -0.39 is 17.7 Å². The summed E-state index contributed by atoms with van der Waals surface area (Å²) in [6.45, 7) is 5.00. The van der Waals surface area contributed by atoms with Gasteiger partial charge in [-0.1, -0.05) is 6.08 Å². The highest BCUT2D eigenvalue weighted by molar-refractivity contribution is 5.33. The fourth-order valence-electron chi connectivity index (χ4n) is 2.36. The third-order valence-electron chi connectivity index (χ3n) is 3.09. The van der Waals surface area contributed by atoms with Crippen molar-refractivity contribution in [2.75, 3.05) is 13.1 Å². The van der Waals surface area contributed by atoms with Crippen molar-refractivity contribution in [1.29, 1.82) is 0 Å². The minimum Gasteiger partial charge on any atom is -0.372 e. The summed E-state index contributed by atoms with van der Waals surface area (Å²) >= 11 is 0. The summed E-state index contributed by atoms with van der Waals surface area (Å²) < 4.78 is 32.8. The Morgan fingerprint density at radius 2 is 1.88 bits per heavy atom. The summed E-state index contributed by atoms with van der Waals surface area (Å²) in [7, 11) is 0. The molecule has 1 fully saturated rings. The molecule has 1 heterocycles. The number of hydrogen-bond acceptors (Lipinski definition) is 3. The summed E-state index contributed by atoms with van der Waals surface area (Å²) in [6.07, 6.45) is 2.06. The average Bonchev–Trinajstić information content (AvgIpc) is 2.24. The van der Waals surface area contributed by atoms with Gasteiger partial charge in [0.1, 0.15) is 0 Å². The zero-order valence-electron chi connectivity index (χ0n) is 10.1. The van der Waals surface area contributed by atoms with E-state index in [1.54, 1.807) is 6.08 Å². The maximum Gasteiger partial charge on any atom is 0.179 e. The Hall–Kier alpha value is -0.940. The molecule has 2 N–H and O–H groups in total. The molecule has 2 rings (SSSR count). The second-order valence-corrected chi connectivity index (χ2v) is 4.76. The Balaban J connectivity index is 2.18. The van der Waals surface area contributed by atoms with E-state index in [-0.39, 0.29) is 12.2 Å². The molecule has 0 spiro atoms. The van der Waals surface area contributed by atoms with Gasteiger partial charge in [0.15, 0.2) is 11.7 Å². The van der Waals surface area contributed by atoms with E-state index in [2.05, 4.69) is 0 Å². The molecule has 17 heavy (non-hydrogen) atoms. The van der Waals surface area contributed by atoms with E-state index >= 15 is 0 Å². The van der Waals surface area contributed by atoms with Crippen molar-refractivity contribution < 1.29 is 13.5 Å². The first-order valence-electron chi connectivity index (χ1n) is 5.90. The Labute approximate surface area is 99.9 Å². The average molecular weight is 244 g/mol. The Bertz CT molecular complexity index is 358. The highest BCUT2D eigenvalue weighted by Crippen LogP contribution is 2.30. The monoisotopic (exact) mass is 244 g/mol. The van der Waals surface area contributed by atoms with Crippen LogP contribution in [0.4, 0.5) is 8.78 Å². The van der Waals surface area contributed by atoms with Gasteiger partial charge in [-0.3, -0.25) is 0 Å². The van der Waals surface area contributed by atoms with Crippen LogP contribution in [0.1, 0.15) is 20.3 Å². The molecule has 2 aliphatic rings. The largest absolute Gasteiger partial charge is 0.372 e. The minimum atomic E-state index is -0.839. The highest BCUT2D eigenvalue weighted by atomic mass is 19.2. The van der Waals surface area contributed by atoms with Gasteiger partial charge in [-0.05, 0) is 20.3 Å². The fourth-order valence-corrected chi connectivity index (χ4v) is 2.36. The van der Waals surface area contributed by atoms with Crippen LogP contribution in [0, 0.1) is 0 Å². The predicted octanol–water partition coefficient (Wildman–Crippen LogP) is 1.86. The van der Waals surface area contributed by atoms with Crippen molar-refractivity contribution >= 4 is 0 Å². The lowest BCUT2D eigenvalue weighted by molar-refractivity contribution is -0.0580. The molecule has 3 nitrogen and oxygen atoms in total. The summed E-state index contributed by atoms with van der Waals surface area (Å²) in [5.41, 5.74) is 5.78. The SMILES string of the molecule is C[C@@H]1CN(C2=CCC(N)C(F)=C2F)C[C@H](C)O1. The van der Waals surface area contributed by atoms with E-state index in [1.165, 1.54) is 0 Å². The molecular formula is C12H18F2N2O. The van der Waals surface area contributed by atoms with Gasteiger partial charge in [0.05, 0.1) is 23.9 Å². The van der Waals surface area contributed by atoms with Crippen LogP contribution in [0.5, 0.6) is 0 Å². The highest BCUT2D eigenvalue weighted by Gasteiger charge is 2.30. The van der Waals surface area contributed by atoms with Gasteiger partial charge in [0, 0.05) is 13.1 Å². The van der Waals surface area contributed by atoms with Gasteiger partial charge in [-0.15, -0.1) is 0 Å². The molecule has 0 amide bonds. The summed E-state index contributed by atoms with van der Waals surface area (Å²) in [4.78, 5) is 1.83. The summed E-state index contributed by atoms with van der Waals surface area (Å²) in [5.74, 6) is -1.65. The van der Waals surface area contributed by atoms with E-state index in [0.717, 1.165) is 0 Å². The van der Waals surface area contributed by atoms with Crippen LogP contribution >= 0.6 is 0 Å². The van der Waals surface area contributed by atoms with Crippen molar-refractivity contribution in [3.05, 3.63) is 23.4 Å². The quantitative estimate of drug-likeness (QED) is 0.765. The standard InChI is InChI=1S/C12H18F2N2O/c1-7-5-16(6-8(2)17-7)10-4-3-9(15)11(13)12(10)14/h4,7-9H,3,5-6,15H2,1-2H3/t7-,8+,9?. The van der Waals surface area contributed by atoms with Gasteiger partial charge >= 0.3 is 0 Å². The van der Waals surface area contributed by atoms with Crippen LogP contribution in [-0.2, 0) is 4.74 Å². The van der Waals surface area contributed by atoms with Crippen molar-refractivity contribution in [2.45, 2.75) is 38.5 Å². The fraction of sp³-hybridized carbons (Fsp3) is 0.667. The maximum absolute atomic E-state index is 13.8. The number of nitrogens with zero attached hydrogens (tertiary/aromatic N) is 1. The van der Waals surface area contributed by atoms with Gasteiger partial charge < -0.3 is 15.4 Å². The molecule has 0 saturated carbocycles. The molecule has 0 radical (unpaired) electrons. The van der Waals surface area contributed by atoms with Crippen molar-refractivity contribution in [3.8, 4) is 0 Å². The number of nitrogens with two attached hydrogens (primary N) is 1. The third kappa shape index (κ3) is 2.50. The Kier molecular flexibility index (Phi) is 3.49. The number of hydrogen-bond donors (Lipinski definition) is 1. The van der Waals surface area contributed by atoms with Crippen molar-refractivity contribution in [2.24, 2.45) is 5.73 Å². The lowest BCUT2D eigenvalue weighted by Gasteiger charge is -2.38. The van der Waals surface area contributed by atoms with Crippen LogP contribution in [0.2, 0.25) is 0 Å². The number of allylic oxidation sites excluding steroid dienone is 1. The summed E-state index contributed by atoms with van der Waals surface area (Å²) in [5, 5.41) is 0. The van der Waals surface area contributed by atoms with Crippen molar-refractivity contribution in [1.82, 2.24) is 4.90 Å². The van der Waals surface area contributed by atoms with Crippen LogP contribution in [0.25, 0.3) is 0 Å². The number of rotatable bonds is 1. The molecule has 1 unspecified atom stereocenters. The Morgan fingerprint density at radius 3 is 2.47 bits per heavy atom. The van der Waals surface area contributed by atoms with Gasteiger partial charge in [-0.2, -0.15) is 0 Å². The van der Waals surface area contributed by atoms with E-state index in [9.17, 15) is 8.78 Å². The minimum absolute atomic E-state index is 0.0195. The molecule has 5 heteroatoms. The topological polar surface area (TPSA) is 38.5 Å². The van der Waals surface area contributed by atoms with Gasteiger partial charge in [-0.25, -0.2) is 8.78 Å². The van der Waals surface area contributed by atoms with Crippen molar-refractivity contribution in [3.63, 3.8) is 0 Å². The zero-order valence-corrected chi connectivity index (χ0v) is 10.1. The number of halogens is 2. The van der Waals surface area contributed by atoms with Crippen LogP contribution in [0.15, 0.2) is 23.4 Å². The maximum atomic E-state index is 13.8. The van der Waals surface area contributed by atoms with Gasteiger partial charge in [0.2, 0.25) is 0 Å². The number of ether oxygens (including phenoxy) is 1. The first-order chi connectivity index (χ1) is 7.99.